The lowest BCUT2D eigenvalue weighted by molar-refractivity contribution is -0.143. The molecule has 12 heteroatoms. The van der Waals surface area contributed by atoms with Crippen LogP contribution in [0, 0.1) is 41.9 Å². The Balaban J connectivity index is 2.32. The van der Waals surface area contributed by atoms with Gasteiger partial charge in [-0.3, -0.25) is 19.2 Å². The number of carbonyl (C=O) groups is 5. The number of allylic oxidation sites excluding steroid dienone is 1. The van der Waals surface area contributed by atoms with Crippen molar-refractivity contribution < 1.29 is 24.0 Å². The van der Waals surface area contributed by atoms with Crippen LogP contribution >= 0.6 is 12.6 Å². The van der Waals surface area contributed by atoms with Gasteiger partial charge in [0, 0.05) is 38.6 Å². The van der Waals surface area contributed by atoms with E-state index in [2.05, 4.69) is 57.6 Å². The number of nitrogens with one attached hydrogen (secondary N) is 5. The lowest BCUT2D eigenvalue weighted by Crippen LogP contribution is -2.61. The predicted octanol–water partition coefficient (Wildman–Crippen LogP) is 3.08. The first-order chi connectivity index (χ1) is 23.2. The highest BCUT2D eigenvalue weighted by molar-refractivity contribution is 7.84. The highest BCUT2D eigenvalue weighted by atomic mass is 32.1. The molecule has 270 valence electrons. The van der Waals surface area contributed by atoms with Gasteiger partial charge in [0.05, 0.1) is 12.0 Å². The van der Waals surface area contributed by atoms with Crippen molar-refractivity contribution in [1.29, 1.82) is 0 Å². The maximum Gasteiger partial charge on any atom is 0.315 e. The zero-order valence-electron chi connectivity index (χ0n) is 29.8. The van der Waals surface area contributed by atoms with Gasteiger partial charge in [-0.1, -0.05) is 51.7 Å². The van der Waals surface area contributed by atoms with Crippen molar-refractivity contribution in [3.8, 4) is 24.7 Å². The maximum atomic E-state index is 14.4. The van der Waals surface area contributed by atoms with Crippen LogP contribution in [0.25, 0.3) is 0 Å². The quantitative estimate of drug-likeness (QED) is 0.0633. The molecule has 1 saturated carbocycles. The van der Waals surface area contributed by atoms with E-state index in [0.717, 1.165) is 42.6 Å². The van der Waals surface area contributed by atoms with Gasteiger partial charge in [0.25, 0.3) is 5.91 Å². The third-order valence-corrected chi connectivity index (χ3v) is 9.77. The Kier molecular flexibility index (Phi) is 17.0. The average molecular weight is 697 g/mol. The number of hydrogen-bond donors (Lipinski definition) is 6. The first-order valence-corrected chi connectivity index (χ1v) is 17.7. The predicted molar refractivity (Wildman–Crippen MR) is 196 cm³/mol. The van der Waals surface area contributed by atoms with E-state index in [-0.39, 0.29) is 43.3 Å². The van der Waals surface area contributed by atoms with Gasteiger partial charge in [0.1, 0.15) is 12.1 Å². The van der Waals surface area contributed by atoms with Gasteiger partial charge in [0.2, 0.25) is 17.6 Å². The second-order valence-corrected chi connectivity index (χ2v) is 14.8. The molecule has 1 heterocycles. The number of rotatable bonds is 16. The number of likely N-dealkylation sites (tertiary alicyclic amines) is 1. The van der Waals surface area contributed by atoms with Crippen LogP contribution in [0.4, 0.5) is 4.79 Å². The number of Topliss-reactive ketones (excluding diaryl/α,β-unsaturated/α-hetero) is 1. The number of urea groups is 1. The number of terminal acetylenes is 2. The van der Waals surface area contributed by atoms with E-state index >= 15 is 0 Å². The number of ketones is 1. The lowest BCUT2D eigenvalue weighted by atomic mass is 9.83. The number of carbonyl (C=O) groups excluding carboxylic acids is 5. The topological polar surface area (TPSA) is 149 Å². The standard InChI is InChI=1S/C37H56N6O5S/c1-9-12-18-28(32(44)34(46)39-20-10-2)40-33(45)31-26(11-3)19-21-43(31)35(47)30(27-16-14-13-15-17-27)42-36(48)41-29(37(6,7)8)23-38-22-24(4)25(5)49/h1,3,10,26-31,38,49H,2,12-23H2,4-8H3,(H,39,46)(H,40,45)(H2,41,42,48)/b25-24-/t26-,28?,29+,30-,31-/m0/s1. The summed E-state index contributed by atoms with van der Waals surface area (Å²) >= 11 is 4.41. The molecule has 11 nitrogen and oxygen atoms in total. The average Bonchev–Trinajstić information content (AvgIpc) is 3.51. The molecular formula is C37H56N6O5S. The molecule has 0 bridgehead atoms. The minimum Gasteiger partial charge on any atom is -0.346 e. The van der Waals surface area contributed by atoms with Gasteiger partial charge in [-0.05, 0) is 55.8 Å². The Morgan fingerprint density at radius 1 is 1.02 bits per heavy atom. The summed E-state index contributed by atoms with van der Waals surface area (Å²) in [5.74, 6) is 1.54. The molecule has 2 aliphatic rings. The van der Waals surface area contributed by atoms with Crippen molar-refractivity contribution in [1.82, 2.24) is 31.5 Å². The van der Waals surface area contributed by atoms with E-state index in [0.29, 0.717) is 19.5 Å². The highest BCUT2D eigenvalue weighted by Crippen LogP contribution is 2.31. The molecular weight excluding hydrogens is 641 g/mol. The van der Waals surface area contributed by atoms with Crippen molar-refractivity contribution in [2.75, 3.05) is 26.2 Å². The molecule has 1 aliphatic heterocycles. The smallest absolute Gasteiger partial charge is 0.315 e. The van der Waals surface area contributed by atoms with Crippen LogP contribution in [0.1, 0.15) is 86.0 Å². The minimum atomic E-state index is -1.21. The second kappa shape index (κ2) is 20.1. The molecule has 49 heavy (non-hydrogen) atoms. The van der Waals surface area contributed by atoms with E-state index in [1.165, 1.54) is 11.0 Å². The van der Waals surface area contributed by atoms with Crippen molar-refractivity contribution in [3.05, 3.63) is 23.1 Å². The van der Waals surface area contributed by atoms with Gasteiger partial charge in [-0.2, -0.15) is 0 Å². The maximum absolute atomic E-state index is 14.4. The molecule has 5 amide bonds. The van der Waals surface area contributed by atoms with Crippen LogP contribution in [0.2, 0.25) is 0 Å². The Bertz CT molecular complexity index is 1320. The summed E-state index contributed by atoms with van der Waals surface area (Å²) in [6, 6.07) is -3.92. The molecule has 0 aromatic carbocycles. The van der Waals surface area contributed by atoms with Gasteiger partial charge < -0.3 is 31.5 Å². The Labute approximate surface area is 298 Å². The molecule has 0 aromatic heterocycles. The van der Waals surface area contributed by atoms with Crippen molar-refractivity contribution in [2.24, 2.45) is 17.3 Å². The van der Waals surface area contributed by atoms with Gasteiger partial charge in [0.15, 0.2) is 0 Å². The number of hydrogen-bond acceptors (Lipinski definition) is 7. The molecule has 0 aromatic rings. The minimum absolute atomic E-state index is 0.0320. The third kappa shape index (κ3) is 12.6. The summed E-state index contributed by atoms with van der Waals surface area (Å²) < 4.78 is 0. The Morgan fingerprint density at radius 2 is 1.69 bits per heavy atom. The molecule has 2 fully saturated rings. The fourth-order valence-corrected chi connectivity index (χ4v) is 6.26. The van der Waals surface area contributed by atoms with Crippen LogP contribution in [-0.2, 0) is 19.2 Å². The van der Waals surface area contributed by atoms with E-state index in [9.17, 15) is 24.0 Å². The van der Waals surface area contributed by atoms with Crippen molar-refractivity contribution in [3.63, 3.8) is 0 Å². The van der Waals surface area contributed by atoms with Gasteiger partial charge >= 0.3 is 6.03 Å². The Morgan fingerprint density at radius 3 is 2.27 bits per heavy atom. The SMILES string of the molecule is C#CCCC(NC(=O)[C@@H]1[C@@H](C#C)CCN1C(=O)[C@@H](NC(=O)N[C@H](CNC/C(C)=C(/C)S)C(C)(C)C)C1CCCCC1)C(=O)C(=O)NCC=C. The first-order valence-electron chi connectivity index (χ1n) is 17.2. The fraction of sp³-hybridized carbons (Fsp3) is 0.649. The van der Waals surface area contributed by atoms with E-state index < -0.39 is 53.6 Å². The summed E-state index contributed by atoms with van der Waals surface area (Å²) in [5, 5.41) is 14.6. The van der Waals surface area contributed by atoms with Gasteiger partial charge in [-0.25, -0.2) is 4.79 Å². The van der Waals surface area contributed by atoms with Crippen LogP contribution < -0.4 is 26.6 Å². The molecule has 1 unspecified atom stereocenters. The largest absolute Gasteiger partial charge is 0.346 e. The number of nitrogens with zero attached hydrogens (tertiary/aromatic N) is 1. The normalized spacial score (nSPS) is 20.4. The summed E-state index contributed by atoms with van der Waals surface area (Å²) in [6.45, 7) is 15.0. The van der Waals surface area contributed by atoms with Crippen molar-refractivity contribution >= 4 is 42.2 Å². The van der Waals surface area contributed by atoms with Crippen LogP contribution in [0.15, 0.2) is 23.1 Å². The monoisotopic (exact) mass is 696 g/mol. The molecule has 2 rings (SSSR count). The molecule has 1 aliphatic carbocycles. The van der Waals surface area contributed by atoms with E-state index in [1.54, 1.807) is 0 Å². The third-order valence-electron chi connectivity index (χ3n) is 9.39. The summed E-state index contributed by atoms with van der Waals surface area (Å²) in [6.07, 6.45) is 17.6. The van der Waals surface area contributed by atoms with E-state index in [1.807, 2.05) is 34.6 Å². The summed E-state index contributed by atoms with van der Waals surface area (Å²) in [7, 11) is 0. The molecule has 0 spiro atoms. The first kappa shape index (κ1) is 41.4. The van der Waals surface area contributed by atoms with Gasteiger partial charge in [-0.15, -0.1) is 43.9 Å². The van der Waals surface area contributed by atoms with E-state index in [4.69, 9.17) is 12.8 Å². The molecule has 5 atom stereocenters. The lowest BCUT2D eigenvalue weighted by Gasteiger charge is -2.36. The highest BCUT2D eigenvalue weighted by Gasteiger charge is 2.46. The fourth-order valence-electron chi connectivity index (χ4n) is 6.18. The zero-order chi connectivity index (χ0) is 36.7. The Hall–Kier alpha value is -3.74. The molecule has 0 radical (unpaired) electrons. The van der Waals surface area contributed by atoms with Crippen LogP contribution in [0.5, 0.6) is 0 Å². The molecule has 5 N–H and O–H groups in total. The number of amides is 5. The molecule has 1 saturated heterocycles. The second-order valence-electron chi connectivity index (χ2n) is 14.1. The summed E-state index contributed by atoms with van der Waals surface area (Å²) in [5.41, 5.74) is 0.803. The van der Waals surface area contributed by atoms with Crippen molar-refractivity contribution in [2.45, 2.75) is 110 Å². The summed E-state index contributed by atoms with van der Waals surface area (Å²) in [4.78, 5) is 69.7. The zero-order valence-corrected chi connectivity index (χ0v) is 30.7. The number of thiol groups is 1. The van der Waals surface area contributed by atoms with Crippen LogP contribution in [0.3, 0.4) is 0 Å². The van der Waals surface area contributed by atoms with Crippen LogP contribution in [-0.4, -0.2) is 84.8 Å².